The van der Waals surface area contributed by atoms with Gasteiger partial charge in [0.05, 0.1) is 5.69 Å². The van der Waals surface area contributed by atoms with Gasteiger partial charge in [0.1, 0.15) is 0 Å². The molecule has 0 aliphatic heterocycles. The van der Waals surface area contributed by atoms with Crippen molar-refractivity contribution in [2.24, 2.45) is 0 Å². The molecule has 0 atom stereocenters. The second kappa shape index (κ2) is 5.16. The molecule has 2 N–H and O–H groups in total. The minimum Gasteiger partial charge on any atom is -0.271 e. The van der Waals surface area contributed by atoms with E-state index in [0.29, 0.717) is 21.7 Å². The zero-order chi connectivity index (χ0) is 11.5. The van der Waals surface area contributed by atoms with Crippen molar-refractivity contribution in [3.05, 3.63) is 27.7 Å². The molecule has 0 heterocycles. The van der Waals surface area contributed by atoms with E-state index in [1.54, 1.807) is 19.1 Å². The first-order chi connectivity index (χ1) is 6.93. The molecule has 0 saturated heterocycles. The van der Waals surface area contributed by atoms with Gasteiger partial charge in [0, 0.05) is 16.0 Å². The maximum Gasteiger partial charge on any atom is 0.299 e. The van der Waals surface area contributed by atoms with Gasteiger partial charge < -0.3 is 0 Å². The fraction of sp³-hybridized carbons (Fsp3) is 0.250. The van der Waals surface area contributed by atoms with E-state index in [1.165, 1.54) is 6.07 Å². The lowest BCUT2D eigenvalue weighted by molar-refractivity contribution is 0.589. The van der Waals surface area contributed by atoms with Crippen LogP contribution in [0.1, 0.15) is 6.92 Å². The Morgan fingerprint density at radius 2 is 2.07 bits per heavy atom. The molecular formula is C8H10BrClN2O2S. The van der Waals surface area contributed by atoms with E-state index < -0.39 is 10.2 Å². The standard InChI is InChI=1S/C8H10BrClN2O2S/c1-2-11-15(13,14)12-8-4-6(9)3-7(10)5-8/h3-5,11-12H,2H2,1H3. The molecule has 1 aromatic carbocycles. The average Bonchev–Trinajstić information content (AvgIpc) is 1.99. The number of benzene rings is 1. The third-order valence-electron chi connectivity index (χ3n) is 1.45. The largest absolute Gasteiger partial charge is 0.299 e. The summed E-state index contributed by atoms with van der Waals surface area (Å²) in [6, 6.07) is 4.83. The van der Waals surface area contributed by atoms with Gasteiger partial charge in [-0.25, -0.2) is 0 Å². The Balaban J connectivity index is 2.90. The topological polar surface area (TPSA) is 58.2 Å². The molecule has 0 amide bonds. The Labute approximate surface area is 102 Å². The summed E-state index contributed by atoms with van der Waals surface area (Å²) in [4.78, 5) is 0. The van der Waals surface area contributed by atoms with Gasteiger partial charge in [-0.2, -0.15) is 13.1 Å². The summed E-state index contributed by atoms with van der Waals surface area (Å²) in [7, 11) is -3.50. The van der Waals surface area contributed by atoms with Crippen LogP contribution < -0.4 is 9.44 Å². The van der Waals surface area contributed by atoms with Crippen LogP contribution in [0.15, 0.2) is 22.7 Å². The average molecular weight is 314 g/mol. The van der Waals surface area contributed by atoms with Gasteiger partial charge in [0.15, 0.2) is 0 Å². The fourth-order valence-electron chi connectivity index (χ4n) is 0.994. The summed E-state index contributed by atoms with van der Waals surface area (Å²) in [5.41, 5.74) is 0.412. The quantitative estimate of drug-likeness (QED) is 0.896. The molecule has 0 unspecified atom stereocenters. The number of anilines is 1. The van der Waals surface area contributed by atoms with Gasteiger partial charge in [-0.15, -0.1) is 0 Å². The Hall–Kier alpha value is -0.300. The lowest BCUT2D eigenvalue weighted by Crippen LogP contribution is -2.29. The molecule has 0 fully saturated rings. The number of hydrogen-bond acceptors (Lipinski definition) is 2. The molecular weight excluding hydrogens is 304 g/mol. The molecule has 1 rings (SSSR count). The fourth-order valence-corrected chi connectivity index (χ4v) is 2.73. The second-order valence-electron chi connectivity index (χ2n) is 2.76. The zero-order valence-corrected chi connectivity index (χ0v) is 11.1. The summed E-state index contributed by atoms with van der Waals surface area (Å²) in [6.45, 7) is 2.03. The van der Waals surface area contributed by atoms with Gasteiger partial charge in [0.2, 0.25) is 0 Å². The molecule has 0 aliphatic rings. The minimum atomic E-state index is -3.50. The van der Waals surface area contributed by atoms with Crippen molar-refractivity contribution in [1.82, 2.24) is 4.72 Å². The molecule has 1 aromatic rings. The highest BCUT2D eigenvalue weighted by molar-refractivity contribution is 9.10. The summed E-state index contributed by atoms with van der Waals surface area (Å²) >= 11 is 8.99. The highest BCUT2D eigenvalue weighted by Gasteiger charge is 2.08. The zero-order valence-electron chi connectivity index (χ0n) is 7.92. The maximum atomic E-state index is 11.3. The van der Waals surface area contributed by atoms with Gasteiger partial charge in [-0.1, -0.05) is 34.5 Å². The molecule has 0 radical (unpaired) electrons. The van der Waals surface area contributed by atoms with Crippen LogP contribution in [0, 0.1) is 0 Å². The lowest BCUT2D eigenvalue weighted by Gasteiger charge is -2.08. The third kappa shape index (κ3) is 4.38. The van der Waals surface area contributed by atoms with Crippen LogP contribution in [-0.4, -0.2) is 15.0 Å². The predicted molar refractivity (Wildman–Crippen MR) is 65.4 cm³/mol. The first-order valence-corrected chi connectivity index (χ1v) is 6.82. The molecule has 7 heteroatoms. The molecule has 0 bridgehead atoms. The van der Waals surface area contributed by atoms with Crippen LogP contribution >= 0.6 is 27.5 Å². The van der Waals surface area contributed by atoms with E-state index in [2.05, 4.69) is 25.4 Å². The normalized spacial score (nSPS) is 11.4. The van der Waals surface area contributed by atoms with E-state index in [9.17, 15) is 8.42 Å². The first kappa shape index (κ1) is 12.8. The van der Waals surface area contributed by atoms with Crippen molar-refractivity contribution >= 4 is 43.4 Å². The Bertz CT molecular complexity index is 430. The summed E-state index contributed by atoms with van der Waals surface area (Å²) < 4.78 is 28.1. The van der Waals surface area contributed by atoms with Crippen LogP contribution in [0.2, 0.25) is 5.02 Å². The summed E-state index contributed by atoms with van der Waals surface area (Å²) in [6.07, 6.45) is 0. The number of hydrogen-bond donors (Lipinski definition) is 2. The van der Waals surface area contributed by atoms with E-state index in [1.807, 2.05) is 0 Å². The SMILES string of the molecule is CCNS(=O)(=O)Nc1cc(Cl)cc(Br)c1. The predicted octanol–water partition coefficient (Wildman–Crippen LogP) is 2.37. The van der Waals surface area contributed by atoms with E-state index in [-0.39, 0.29) is 0 Å². The van der Waals surface area contributed by atoms with Crippen LogP contribution in [0.3, 0.4) is 0 Å². The Morgan fingerprint density at radius 1 is 1.40 bits per heavy atom. The maximum absolute atomic E-state index is 11.3. The van der Waals surface area contributed by atoms with Gasteiger partial charge in [-0.3, -0.25) is 4.72 Å². The molecule has 84 valence electrons. The van der Waals surface area contributed by atoms with Crippen molar-refractivity contribution in [1.29, 1.82) is 0 Å². The third-order valence-corrected chi connectivity index (χ3v) is 3.30. The molecule has 0 spiro atoms. The Morgan fingerprint density at radius 3 is 2.60 bits per heavy atom. The Kier molecular flexibility index (Phi) is 4.39. The highest BCUT2D eigenvalue weighted by Crippen LogP contribution is 2.23. The smallest absolute Gasteiger partial charge is 0.271 e. The van der Waals surface area contributed by atoms with Gasteiger partial charge in [-0.05, 0) is 18.2 Å². The van der Waals surface area contributed by atoms with E-state index in [4.69, 9.17) is 11.6 Å². The van der Waals surface area contributed by atoms with Crippen LogP contribution in [0.4, 0.5) is 5.69 Å². The van der Waals surface area contributed by atoms with E-state index in [0.717, 1.165) is 0 Å². The van der Waals surface area contributed by atoms with Crippen molar-refractivity contribution in [2.75, 3.05) is 11.3 Å². The highest BCUT2D eigenvalue weighted by atomic mass is 79.9. The molecule has 0 aliphatic carbocycles. The van der Waals surface area contributed by atoms with Crippen molar-refractivity contribution in [3.8, 4) is 0 Å². The van der Waals surface area contributed by atoms with Crippen LogP contribution in [0.5, 0.6) is 0 Å². The molecule has 4 nitrogen and oxygen atoms in total. The number of nitrogens with one attached hydrogen (secondary N) is 2. The molecule has 0 saturated carbocycles. The monoisotopic (exact) mass is 312 g/mol. The number of rotatable bonds is 4. The van der Waals surface area contributed by atoms with Crippen LogP contribution in [0.25, 0.3) is 0 Å². The van der Waals surface area contributed by atoms with Crippen LogP contribution in [-0.2, 0) is 10.2 Å². The van der Waals surface area contributed by atoms with Gasteiger partial charge >= 0.3 is 0 Å². The molecule has 0 aromatic heterocycles. The van der Waals surface area contributed by atoms with Crippen molar-refractivity contribution in [2.45, 2.75) is 6.92 Å². The number of halogens is 2. The lowest BCUT2D eigenvalue weighted by atomic mass is 10.3. The summed E-state index contributed by atoms with van der Waals surface area (Å²) in [5, 5.41) is 0.457. The van der Waals surface area contributed by atoms with Gasteiger partial charge in [0.25, 0.3) is 10.2 Å². The molecule has 15 heavy (non-hydrogen) atoms. The van der Waals surface area contributed by atoms with Crippen molar-refractivity contribution < 1.29 is 8.42 Å². The summed E-state index contributed by atoms with van der Waals surface area (Å²) in [5.74, 6) is 0. The minimum absolute atomic E-state index is 0.330. The van der Waals surface area contributed by atoms with E-state index >= 15 is 0 Å². The van der Waals surface area contributed by atoms with Crippen molar-refractivity contribution in [3.63, 3.8) is 0 Å². The second-order valence-corrected chi connectivity index (χ2v) is 5.61. The first-order valence-electron chi connectivity index (χ1n) is 4.16.